The van der Waals surface area contributed by atoms with Crippen molar-refractivity contribution in [1.29, 1.82) is 0 Å². The molecule has 1 atom stereocenters. The van der Waals surface area contributed by atoms with Gasteiger partial charge in [-0.25, -0.2) is 0 Å². The number of aliphatic hydroxyl groups is 1. The minimum absolute atomic E-state index is 0.0538. The van der Waals surface area contributed by atoms with Crippen LogP contribution in [0.1, 0.15) is 13.3 Å². The van der Waals surface area contributed by atoms with Crippen molar-refractivity contribution < 1.29 is 9.90 Å². The monoisotopic (exact) mass is 174 g/mol. The largest absolute Gasteiger partial charge is 0.393 e. The van der Waals surface area contributed by atoms with Gasteiger partial charge in [-0.3, -0.25) is 4.79 Å². The second-order valence-corrected chi connectivity index (χ2v) is 2.98. The first-order chi connectivity index (χ1) is 5.57. The summed E-state index contributed by atoms with van der Waals surface area (Å²) in [6.07, 6.45) is 0.293. The predicted octanol–water partition coefficient (Wildman–Crippen LogP) is -0.565. The van der Waals surface area contributed by atoms with Crippen LogP contribution in [0, 0.1) is 0 Å². The molecule has 0 saturated carbocycles. The Bertz CT molecular complexity index is 137. The second-order valence-electron chi connectivity index (χ2n) is 2.98. The summed E-state index contributed by atoms with van der Waals surface area (Å²) < 4.78 is 0. The van der Waals surface area contributed by atoms with E-state index in [0.29, 0.717) is 19.5 Å². The number of amides is 1. The molecule has 0 aromatic heterocycles. The van der Waals surface area contributed by atoms with E-state index in [4.69, 9.17) is 5.11 Å². The van der Waals surface area contributed by atoms with Gasteiger partial charge in [-0.1, -0.05) is 0 Å². The lowest BCUT2D eigenvalue weighted by molar-refractivity contribution is -0.129. The molecule has 0 aliphatic carbocycles. The standard InChI is InChI=1S/C8H18N2O2/c1-7(11)4-5-10(3)8(12)6-9-2/h7,9,11H,4-6H2,1-3H3. The molecule has 0 aromatic carbocycles. The summed E-state index contributed by atoms with van der Waals surface area (Å²) in [5.74, 6) is 0.0538. The molecule has 0 aromatic rings. The number of nitrogens with zero attached hydrogens (tertiary/aromatic N) is 1. The molecule has 0 heterocycles. The molecular formula is C8H18N2O2. The van der Waals surface area contributed by atoms with Gasteiger partial charge in [-0.15, -0.1) is 0 Å². The van der Waals surface area contributed by atoms with Gasteiger partial charge in [0, 0.05) is 13.6 Å². The molecule has 72 valence electrons. The Kier molecular flexibility index (Phi) is 5.66. The maximum atomic E-state index is 11.1. The summed E-state index contributed by atoms with van der Waals surface area (Å²) in [6, 6.07) is 0. The molecule has 0 spiro atoms. The van der Waals surface area contributed by atoms with Gasteiger partial charge in [0.2, 0.25) is 5.91 Å². The van der Waals surface area contributed by atoms with Crippen molar-refractivity contribution in [3.8, 4) is 0 Å². The van der Waals surface area contributed by atoms with E-state index in [1.807, 2.05) is 0 Å². The molecule has 0 bridgehead atoms. The van der Waals surface area contributed by atoms with E-state index in [2.05, 4.69) is 5.32 Å². The zero-order valence-electron chi connectivity index (χ0n) is 8.00. The first-order valence-electron chi connectivity index (χ1n) is 4.14. The Morgan fingerprint density at radius 1 is 1.67 bits per heavy atom. The minimum Gasteiger partial charge on any atom is -0.393 e. The van der Waals surface area contributed by atoms with Gasteiger partial charge in [0.1, 0.15) is 0 Å². The third kappa shape index (κ3) is 5.09. The van der Waals surface area contributed by atoms with Gasteiger partial charge in [-0.2, -0.15) is 0 Å². The Morgan fingerprint density at radius 2 is 2.25 bits per heavy atom. The summed E-state index contributed by atoms with van der Waals surface area (Å²) in [7, 11) is 3.47. The first-order valence-corrected chi connectivity index (χ1v) is 4.14. The summed E-state index contributed by atoms with van der Waals surface area (Å²) in [5.41, 5.74) is 0. The lowest BCUT2D eigenvalue weighted by Gasteiger charge is -2.17. The number of nitrogens with one attached hydrogen (secondary N) is 1. The molecule has 0 rings (SSSR count). The van der Waals surface area contributed by atoms with Crippen LogP contribution in [-0.2, 0) is 4.79 Å². The van der Waals surface area contributed by atoms with E-state index >= 15 is 0 Å². The number of carbonyl (C=O) groups excluding carboxylic acids is 1. The Hall–Kier alpha value is -0.610. The van der Waals surface area contributed by atoms with E-state index in [-0.39, 0.29) is 12.0 Å². The number of hydrogen-bond donors (Lipinski definition) is 2. The van der Waals surface area contributed by atoms with Crippen molar-refractivity contribution >= 4 is 5.91 Å². The van der Waals surface area contributed by atoms with Crippen LogP contribution < -0.4 is 5.32 Å². The van der Waals surface area contributed by atoms with Crippen molar-refractivity contribution in [2.45, 2.75) is 19.4 Å². The highest BCUT2D eigenvalue weighted by molar-refractivity contribution is 5.77. The highest BCUT2D eigenvalue weighted by atomic mass is 16.3. The number of hydrogen-bond acceptors (Lipinski definition) is 3. The molecule has 0 aliphatic rings. The van der Waals surface area contributed by atoms with Crippen LogP contribution in [0.3, 0.4) is 0 Å². The molecular weight excluding hydrogens is 156 g/mol. The Balaban J connectivity index is 3.56. The Morgan fingerprint density at radius 3 is 2.67 bits per heavy atom. The van der Waals surface area contributed by atoms with E-state index in [1.54, 1.807) is 25.9 Å². The molecule has 0 radical (unpaired) electrons. The SMILES string of the molecule is CNCC(=O)N(C)CCC(C)O. The number of likely N-dealkylation sites (N-methyl/N-ethyl adjacent to an activating group) is 2. The lowest BCUT2D eigenvalue weighted by atomic mass is 10.3. The molecule has 0 fully saturated rings. The van der Waals surface area contributed by atoms with E-state index < -0.39 is 0 Å². The number of carbonyl (C=O) groups is 1. The van der Waals surface area contributed by atoms with E-state index in [1.165, 1.54) is 0 Å². The van der Waals surface area contributed by atoms with Crippen LogP contribution in [-0.4, -0.2) is 49.2 Å². The molecule has 4 heteroatoms. The molecule has 0 aliphatic heterocycles. The average molecular weight is 174 g/mol. The van der Waals surface area contributed by atoms with Gasteiger partial charge in [0.05, 0.1) is 12.6 Å². The molecule has 12 heavy (non-hydrogen) atoms. The fourth-order valence-electron chi connectivity index (χ4n) is 0.791. The third-order valence-corrected chi connectivity index (χ3v) is 1.64. The topological polar surface area (TPSA) is 52.6 Å². The first kappa shape index (κ1) is 11.4. The van der Waals surface area contributed by atoms with Crippen molar-refractivity contribution in [2.24, 2.45) is 0 Å². The molecule has 2 N–H and O–H groups in total. The van der Waals surface area contributed by atoms with E-state index in [9.17, 15) is 4.79 Å². The molecule has 1 amide bonds. The van der Waals surface area contributed by atoms with Crippen LogP contribution in [0.5, 0.6) is 0 Å². The van der Waals surface area contributed by atoms with Crippen molar-refractivity contribution in [1.82, 2.24) is 10.2 Å². The van der Waals surface area contributed by atoms with Gasteiger partial charge in [0.15, 0.2) is 0 Å². The summed E-state index contributed by atoms with van der Waals surface area (Å²) in [6.45, 7) is 2.69. The molecule has 1 unspecified atom stereocenters. The van der Waals surface area contributed by atoms with Gasteiger partial charge in [-0.05, 0) is 20.4 Å². The normalized spacial score (nSPS) is 12.7. The average Bonchev–Trinajstić information content (AvgIpc) is 2.00. The summed E-state index contributed by atoms with van der Waals surface area (Å²) in [4.78, 5) is 12.8. The fourth-order valence-corrected chi connectivity index (χ4v) is 0.791. The van der Waals surface area contributed by atoms with Crippen LogP contribution in [0.2, 0.25) is 0 Å². The van der Waals surface area contributed by atoms with Crippen molar-refractivity contribution in [2.75, 3.05) is 27.2 Å². The van der Waals surface area contributed by atoms with Crippen molar-refractivity contribution in [3.63, 3.8) is 0 Å². The quantitative estimate of drug-likeness (QED) is 0.587. The zero-order chi connectivity index (χ0) is 9.56. The highest BCUT2D eigenvalue weighted by Gasteiger charge is 2.07. The second kappa shape index (κ2) is 5.97. The van der Waals surface area contributed by atoms with Crippen LogP contribution in [0.15, 0.2) is 0 Å². The predicted molar refractivity (Wildman–Crippen MR) is 47.9 cm³/mol. The zero-order valence-corrected chi connectivity index (χ0v) is 8.00. The van der Waals surface area contributed by atoms with E-state index in [0.717, 1.165) is 0 Å². The lowest BCUT2D eigenvalue weighted by Crippen LogP contribution is -2.35. The third-order valence-electron chi connectivity index (χ3n) is 1.64. The molecule has 4 nitrogen and oxygen atoms in total. The van der Waals surface area contributed by atoms with Gasteiger partial charge >= 0.3 is 0 Å². The fraction of sp³-hybridized carbons (Fsp3) is 0.875. The summed E-state index contributed by atoms with van der Waals surface area (Å²) >= 11 is 0. The maximum Gasteiger partial charge on any atom is 0.236 e. The highest BCUT2D eigenvalue weighted by Crippen LogP contribution is 1.92. The molecule has 0 saturated heterocycles. The van der Waals surface area contributed by atoms with Crippen LogP contribution in [0.25, 0.3) is 0 Å². The summed E-state index contributed by atoms with van der Waals surface area (Å²) in [5, 5.41) is 11.7. The van der Waals surface area contributed by atoms with Gasteiger partial charge in [0.25, 0.3) is 0 Å². The van der Waals surface area contributed by atoms with Crippen LogP contribution in [0.4, 0.5) is 0 Å². The number of aliphatic hydroxyl groups excluding tert-OH is 1. The minimum atomic E-state index is -0.338. The Labute approximate surface area is 73.6 Å². The van der Waals surface area contributed by atoms with Gasteiger partial charge < -0.3 is 15.3 Å². The smallest absolute Gasteiger partial charge is 0.236 e. The maximum absolute atomic E-state index is 11.1. The number of rotatable bonds is 5. The van der Waals surface area contributed by atoms with Crippen molar-refractivity contribution in [3.05, 3.63) is 0 Å². The van der Waals surface area contributed by atoms with Crippen LogP contribution >= 0.6 is 0 Å².